The number of ether oxygens (including phenoxy) is 3. The predicted molar refractivity (Wildman–Crippen MR) is 115 cm³/mol. The first-order valence-corrected chi connectivity index (χ1v) is 10.8. The SMILES string of the molecule is NC1=N[C@@]2(CO1)c1cc(-c3cccnc3F)ccc1Oc1c2cc(C2CCOCC2)nc1F. The molecule has 9 heteroatoms. The number of fused-ring (bicyclic) bond motifs is 4. The summed E-state index contributed by atoms with van der Waals surface area (Å²) in [7, 11) is 0. The summed E-state index contributed by atoms with van der Waals surface area (Å²) < 4.78 is 46.6. The molecule has 1 atom stereocenters. The standard InChI is InChI=1S/C24H20F2N4O3/c25-21-15(2-1-7-28-21)14-3-4-19-16(10-14)24(12-32-23(27)30-24)17-11-18(13-5-8-31-9-6-13)29-22(26)20(17)33-19/h1-4,7,10-11,13H,5-6,8-9,12H2,(H2,27,30)/t24-/m0/s1. The van der Waals surface area contributed by atoms with E-state index in [1.165, 1.54) is 6.20 Å². The van der Waals surface area contributed by atoms with Crippen LogP contribution in [0.4, 0.5) is 8.78 Å². The molecular weight excluding hydrogens is 430 g/mol. The zero-order chi connectivity index (χ0) is 22.6. The van der Waals surface area contributed by atoms with Crippen LogP contribution < -0.4 is 10.5 Å². The van der Waals surface area contributed by atoms with Gasteiger partial charge in [-0.25, -0.2) is 15.0 Å². The van der Waals surface area contributed by atoms with Gasteiger partial charge in [0.2, 0.25) is 5.95 Å². The van der Waals surface area contributed by atoms with Gasteiger partial charge in [-0.05, 0) is 48.7 Å². The maximum atomic E-state index is 15.3. The summed E-state index contributed by atoms with van der Waals surface area (Å²) in [5.41, 5.74) is 7.45. The van der Waals surface area contributed by atoms with Crippen LogP contribution in [0, 0.1) is 11.9 Å². The zero-order valence-corrected chi connectivity index (χ0v) is 17.6. The van der Waals surface area contributed by atoms with Gasteiger partial charge in [0.1, 0.15) is 12.4 Å². The molecule has 3 aromatic rings. The van der Waals surface area contributed by atoms with E-state index in [1.807, 2.05) is 6.07 Å². The fourth-order valence-electron chi connectivity index (χ4n) is 4.80. The molecule has 0 aliphatic carbocycles. The van der Waals surface area contributed by atoms with Gasteiger partial charge in [-0.15, -0.1) is 0 Å². The van der Waals surface area contributed by atoms with E-state index in [0.717, 1.165) is 12.8 Å². The summed E-state index contributed by atoms with van der Waals surface area (Å²) in [6.07, 6.45) is 2.89. The van der Waals surface area contributed by atoms with Gasteiger partial charge in [0.05, 0.1) is 0 Å². The molecule has 0 unspecified atom stereocenters. The zero-order valence-electron chi connectivity index (χ0n) is 17.6. The molecule has 0 bridgehead atoms. The van der Waals surface area contributed by atoms with Gasteiger partial charge in [0.15, 0.2) is 11.3 Å². The molecule has 1 fully saturated rings. The lowest BCUT2D eigenvalue weighted by Gasteiger charge is -2.34. The highest BCUT2D eigenvalue weighted by Crippen LogP contribution is 2.52. The molecule has 0 radical (unpaired) electrons. The van der Waals surface area contributed by atoms with Crippen molar-refractivity contribution in [1.82, 2.24) is 9.97 Å². The van der Waals surface area contributed by atoms with Crippen LogP contribution in [0.3, 0.4) is 0 Å². The molecule has 1 spiro atoms. The Labute approximate surface area is 188 Å². The van der Waals surface area contributed by atoms with E-state index in [0.29, 0.717) is 46.9 Å². The van der Waals surface area contributed by atoms with Crippen molar-refractivity contribution in [2.45, 2.75) is 24.3 Å². The van der Waals surface area contributed by atoms with E-state index in [1.54, 1.807) is 30.3 Å². The second-order valence-corrected chi connectivity index (χ2v) is 8.36. The van der Waals surface area contributed by atoms with Crippen molar-refractivity contribution < 1.29 is 23.0 Å². The monoisotopic (exact) mass is 450 g/mol. The average Bonchev–Trinajstić information content (AvgIpc) is 3.23. The Morgan fingerprint density at radius 2 is 1.88 bits per heavy atom. The molecular formula is C24H20F2N4O3. The van der Waals surface area contributed by atoms with E-state index >= 15 is 4.39 Å². The van der Waals surface area contributed by atoms with Crippen LogP contribution in [-0.2, 0) is 15.0 Å². The summed E-state index contributed by atoms with van der Waals surface area (Å²) in [6, 6.07) is 10.3. The minimum absolute atomic E-state index is 0.000618. The normalized spacial score (nSPS) is 21.7. The van der Waals surface area contributed by atoms with E-state index in [4.69, 9.17) is 19.9 Å². The van der Waals surface area contributed by atoms with Gasteiger partial charge in [0, 0.05) is 47.7 Å². The number of nitrogens with two attached hydrogens (primary N) is 1. The average molecular weight is 450 g/mol. The van der Waals surface area contributed by atoms with E-state index in [9.17, 15) is 4.39 Å². The molecule has 3 aliphatic rings. The Kier molecular flexibility index (Phi) is 4.55. The van der Waals surface area contributed by atoms with Gasteiger partial charge >= 0.3 is 0 Å². The minimum Gasteiger partial charge on any atom is -0.462 e. The number of rotatable bonds is 2. The van der Waals surface area contributed by atoms with Crippen molar-refractivity contribution in [2.24, 2.45) is 10.7 Å². The molecule has 6 rings (SSSR count). The third-order valence-corrected chi connectivity index (χ3v) is 6.47. The number of hydrogen-bond acceptors (Lipinski definition) is 7. The van der Waals surface area contributed by atoms with Gasteiger partial charge < -0.3 is 19.9 Å². The highest BCUT2D eigenvalue weighted by Gasteiger charge is 2.48. The number of aromatic nitrogens is 2. The topological polar surface area (TPSA) is 91.9 Å². The number of hydrogen-bond donors (Lipinski definition) is 1. The first-order chi connectivity index (χ1) is 16.0. The summed E-state index contributed by atoms with van der Waals surface area (Å²) in [4.78, 5) is 12.6. The maximum absolute atomic E-state index is 15.3. The Balaban J connectivity index is 1.54. The van der Waals surface area contributed by atoms with Gasteiger partial charge in [-0.3, -0.25) is 0 Å². The number of aliphatic imine (C=N–C) groups is 1. The van der Waals surface area contributed by atoms with Crippen LogP contribution in [-0.4, -0.2) is 35.8 Å². The molecule has 0 amide bonds. The van der Waals surface area contributed by atoms with Gasteiger partial charge in [0.25, 0.3) is 12.0 Å². The fourth-order valence-corrected chi connectivity index (χ4v) is 4.80. The van der Waals surface area contributed by atoms with Crippen molar-refractivity contribution >= 4 is 6.02 Å². The quantitative estimate of drug-likeness (QED) is 0.593. The van der Waals surface area contributed by atoms with Crippen molar-refractivity contribution in [3.63, 3.8) is 0 Å². The summed E-state index contributed by atoms with van der Waals surface area (Å²) in [5, 5.41) is 0. The molecule has 0 saturated carbocycles. The van der Waals surface area contributed by atoms with Gasteiger partial charge in [-0.1, -0.05) is 6.07 Å². The molecule has 2 aromatic heterocycles. The second kappa shape index (κ2) is 7.48. The summed E-state index contributed by atoms with van der Waals surface area (Å²) in [6.45, 7) is 1.27. The minimum atomic E-state index is -1.13. The Bertz CT molecular complexity index is 1290. The predicted octanol–water partition coefficient (Wildman–Crippen LogP) is 4.01. The molecule has 1 aromatic carbocycles. The summed E-state index contributed by atoms with van der Waals surface area (Å²) in [5.74, 6) is -0.845. The molecule has 33 heavy (non-hydrogen) atoms. The summed E-state index contributed by atoms with van der Waals surface area (Å²) >= 11 is 0. The number of amidine groups is 1. The molecule has 1 saturated heterocycles. The van der Waals surface area contributed by atoms with Crippen molar-refractivity contribution in [1.29, 1.82) is 0 Å². The first kappa shape index (κ1) is 20.0. The van der Waals surface area contributed by atoms with Crippen LogP contribution in [0.15, 0.2) is 47.6 Å². The molecule has 168 valence electrons. The third kappa shape index (κ3) is 3.14. The number of halogens is 2. The smallest absolute Gasteiger partial charge is 0.283 e. The van der Waals surface area contributed by atoms with Crippen LogP contribution in [0.25, 0.3) is 11.1 Å². The first-order valence-electron chi connectivity index (χ1n) is 10.8. The lowest BCUT2D eigenvalue weighted by Crippen LogP contribution is -2.32. The van der Waals surface area contributed by atoms with Crippen LogP contribution in [0.2, 0.25) is 0 Å². The lowest BCUT2D eigenvalue weighted by atomic mass is 9.79. The Hall–Kier alpha value is -3.59. The van der Waals surface area contributed by atoms with Crippen molar-refractivity contribution in [2.75, 3.05) is 19.8 Å². The molecule has 2 N–H and O–H groups in total. The number of benzene rings is 1. The Morgan fingerprint density at radius 3 is 2.64 bits per heavy atom. The largest absolute Gasteiger partial charge is 0.462 e. The molecule has 5 heterocycles. The maximum Gasteiger partial charge on any atom is 0.283 e. The molecule has 3 aliphatic heterocycles. The second-order valence-electron chi connectivity index (χ2n) is 8.36. The highest BCUT2D eigenvalue weighted by molar-refractivity contribution is 5.78. The Morgan fingerprint density at radius 1 is 1.03 bits per heavy atom. The van der Waals surface area contributed by atoms with Crippen molar-refractivity contribution in [3.05, 3.63) is 71.3 Å². The third-order valence-electron chi connectivity index (χ3n) is 6.47. The molecule has 7 nitrogen and oxygen atoms in total. The number of nitrogens with zero attached hydrogens (tertiary/aromatic N) is 3. The highest BCUT2D eigenvalue weighted by atomic mass is 19.1. The van der Waals surface area contributed by atoms with E-state index < -0.39 is 17.4 Å². The van der Waals surface area contributed by atoms with Crippen molar-refractivity contribution in [3.8, 4) is 22.6 Å². The lowest BCUT2D eigenvalue weighted by molar-refractivity contribution is 0.0842. The van der Waals surface area contributed by atoms with E-state index in [2.05, 4.69) is 15.0 Å². The van der Waals surface area contributed by atoms with Crippen LogP contribution >= 0.6 is 0 Å². The number of pyridine rings is 2. The van der Waals surface area contributed by atoms with Crippen LogP contribution in [0.1, 0.15) is 35.6 Å². The fraction of sp³-hybridized carbons (Fsp3) is 0.292. The van der Waals surface area contributed by atoms with E-state index in [-0.39, 0.29) is 24.3 Å². The van der Waals surface area contributed by atoms with Gasteiger partial charge in [-0.2, -0.15) is 8.78 Å². The van der Waals surface area contributed by atoms with Crippen LogP contribution in [0.5, 0.6) is 11.5 Å².